The normalized spacial score (nSPS) is 12.0. The van der Waals surface area contributed by atoms with Crippen LogP contribution in [0.25, 0.3) is 0 Å². The second kappa shape index (κ2) is 7.60. The zero-order chi connectivity index (χ0) is 16.1. The maximum absolute atomic E-state index is 11.7. The Labute approximate surface area is 138 Å². The summed E-state index contributed by atoms with van der Waals surface area (Å²) < 4.78 is 0.782. The zero-order valence-electron chi connectivity index (χ0n) is 13.1. The predicted molar refractivity (Wildman–Crippen MR) is 93.1 cm³/mol. The van der Waals surface area contributed by atoms with Gasteiger partial charge in [-0.05, 0) is 51.0 Å². The SMILES string of the molecule is CCNC(=O)[C@@H](C)Sc1nnc(Nc2ccc(C)c(C)c2)s1. The lowest BCUT2D eigenvalue weighted by molar-refractivity contribution is -0.120. The predicted octanol–water partition coefficient (Wildman–Crippen LogP) is 3.52. The maximum atomic E-state index is 11.7. The van der Waals surface area contributed by atoms with Gasteiger partial charge in [0.25, 0.3) is 0 Å². The minimum atomic E-state index is -0.178. The van der Waals surface area contributed by atoms with Crippen LogP contribution in [0.3, 0.4) is 0 Å². The number of carbonyl (C=O) groups is 1. The standard InChI is InChI=1S/C15H20N4OS2/c1-5-16-13(20)11(4)21-15-19-18-14(22-15)17-12-7-6-9(2)10(3)8-12/h6-8,11H,5H2,1-4H3,(H,16,20)(H,17,18)/t11-/m1/s1. The number of hydrogen-bond acceptors (Lipinski definition) is 6. The molecule has 1 aromatic heterocycles. The monoisotopic (exact) mass is 336 g/mol. The van der Waals surface area contributed by atoms with Crippen LogP contribution in [0.15, 0.2) is 22.5 Å². The highest BCUT2D eigenvalue weighted by molar-refractivity contribution is 8.02. The van der Waals surface area contributed by atoms with E-state index in [-0.39, 0.29) is 11.2 Å². The molecule has 1 aromatic carbocycles. The highest BCUT2D eigenvalue weighted by Crippen LogP contribution is 2.30. The van der Waals surface area contributed by atoms with Crippen LogP contribution in [0.1, 0.15) is 25.0 Å². The van der Waals surface area contributed by atoms with Gasteiger partial charge in [-0.2, -0.15) is 0 Å². The summed E-state index contributed by atoms with van der Waals surface area (Å²) in [5.74, 6) is 0.0198. The molecule has 0 saturated heterocycles. The smallest absolute Gasteiger partial charge is 0.233 e. The van der Waals surface area contributed by atoms with Crippen molar-refractivity contribution in [3.8, 4) is 0 Å². The Morgan fingerprint density at radius 1 is 1.32 bits per heavy atom. The molecular weight excluding hydrogens is 316 g/mol. The van der Waals surface area contributed by atoms with E-state index in [2.05, 4.69) is 46.8 Å². The summed E-state index contributed by atoms with van der Waals surface area (Å²) in [7, 11) is 0. The van der Waals surface area contributed by atoms with E-state index in [1.807, 2.05) is 19.9 Å². The minimum absolute atomic E-state index is 0.0198. The summed E-state index contributed by atoms with van der Waals surface area (Å²) in [6, 6.07) is 6.18. The first-order chi connectivity index (χ1) is 10.5. The van der Waals surface area contributed by atoms with Gasteiger partial charge in [-0.25, -0.2) is 0 Å². The van der Waals surface area contributed by atoms with Crippen molar-refractivity contribution < 1.29 is 4.79 Å². The van der Waals surface area contributed by atoms with E-state index < -0.39 is 0 Å². The molecule has 0 spiro atoms. The number of aromatic nitrogens is 2. The van der Waals surface area contributed by atoms with Crippen LogP contribution >= 0.6 is 23.1 Å². The summed E-state index contributed by atoms with van der Waals surface area (Å²) >= 11 is 2.87. The number of anilines is 2. The molecule has 0 fully saturated rings. The molecule has 22 heavy (non-hydrogen) atoms. The van der Waals surface area contributed by atoms with Gasteiger partial charge in [-0.15, -0.1) is 10.2 Å². The molecule has 118 valence electrons. The third kappa shape index (κ3) is 4.45. The molecule has 0 bridgehead atoms. The highest BCUT2D eigenvalue weighted by atomic mass is 32.2. The molecule has 0 aliphatic carbocycles. The lowest BCUT2D eigenvalue weighted by atomic mass is 10.1. The Hall–Kier alpha value is -1.60. The second-order valence-electron chi connectivity index (χ2n) is 4.95. The first kappa shape index (κ1) is 16.8. The van der Waals surface area contributed by atoms with Crippen molar-refractivity contribution >= 4 is 39.8 Å². The first-order valence-corrected chi connectivity index (χ1v) is 8.81. The molecule has 1 heterocycles. The number of nitrogens with zero attached hydrogens (tertiary/aromatic N) is 2. The molecule has 0 radical (unpaired) electrons. The van der Waals surface area contributed by atoms with Crippen LogP contribution in [0.2, 0.25) is 0 Å². The molecule has 0 aliphatic heterocycles. The Bertz CT molecular complexity index is 657. The fourth-order valence-corrected chi connectivity index (χ4v) is 3.71. The van der Waals surface area contributed by atoms with Gasteiger partial charge >= 0.3 is 0 Å². The average Bonchev–Trinajstić information content (AvgIpc) is 2.90. The van der Waals surface area contributed by atoms with Gasteiger partial charge in [0.05, 0.1) is 5.25 Å². The molecule has 7 heteroatoms. The number of hydrogen-bond donors (Lipinski definition) is 2. The molecular formula is C15H20N4OS2. The Balaban J connectivity index is 1.99. The van der Waals surface area contributed by atoms with Crippen LogP contribution in [0.4, 0.5) is 10.8 Å². The van der Waals surface area contributed by atoms with Crippen molar-refractivity contribution in [2.75, 3.05) is 11.9 Å². The van der Waals surface area contributed by atoms with Crippen LogP contribution in [-0.2, 0) is 4.79 Å². The summed E-state index contributed by atoms with van der Waals surface area (Å²) in [6.07, 6.45) is 0. The maximum Gasteiger partial charge on any atom is 0.233 e. The van der Waals surface area contributed by atoms with Gasteiger partial charge in [0.1, 0.15) is 0 Å². The van der Waals surface area contributed by atoms with Gasteiger partial charge in [0.15, 0.2) is 4.34 Å². The van der Waals surface area contributed by atoms with Crippen molar-refractivity contribution in [2.45, 2.75) is 37.3 Å². The van der Waals surface area contributed by atoms with Crippen molar-refractivity contribution in [1.29, 1.82) is 0 Å². The van der Waals surface area contributed by atoms with E-state index in [9.17, 15) is 4.79 Å². The lowest BCUT2D eigenvalue weighted by Crippen LogP contribution is -2.30. The molecule has 5 nitrogen and oxygen atoms in total. The largest absolute Gasteiger partial charge is 0.355 e. The topological polar surface area (TPSA) is 66.9 Å². The van der Waals surface area contributed by atoms with Crippen LogP contribution in [0, 0.1) is 13.8 Å². The third-order valence-corrected chi connectivity index (χ3v) is 5.19. The Kier molecular flexibility index (Phi) is 5.79. The summed E-state index contributed by atoms with van der Waals surface area (Å²) in [5, 5.41) is 14.9. The number of benzene rings is 1. The number of thioether (sulfide) groups is 1. The number of rotatable bonds is 6. The highest BCUT2D eigenvalue weighted by Gasteiger charge is 2.16. The van der Waals surface area contributed by atoms with E-state index in [0.29, 0.717) is 6.54 Å². The van der Waals surface area contributed by atoms with E-state index in [1.54, 1.807) is 0 Å². The van der Waals surface area contributed by atoms with Crippen LogP contribution in [-0.4, -0.2) is 27.9 Å². The van der Waals surface area contributed by atoms with Gasteiger partial charge in [0.2, 0.25) is 11.0 Å². The fourth-order valence-electron chi connectivity index (χ4n) is 1.77. The second-order valence-corrected chi connectivity index (χ2v) is 7.52. The Morgan fingerprint density at radius 3 is 2.77 bits per heavy atom. The molecule has 0 saturated carbocycles. The molecule has 0 unspecified atom stereocenters. The Morgan fingerprint density at radius 2 is 2.09 bits per heavy atom. The van der Waals surface area contributed by atoms with Crippen LogP contribution < -0.4 is 10.6 Å². The molecule has 1 amide bonds. The van der Waals surface area contributed by atoms with Crippen molar-refractivity contribution in [2.24, 2.45) is 0 Å². The van der Waals surface area contributed by atoms with Crippen molar-refractivity contribution in [1.82, 2.24) is 15.5 Å². The van der Waals surface area contributed by atoms with Gasteiger partial charge in [-0.3, -0.25) is 4.79 Å². The first-order valence-electron chi connectivity index (χ1n) is 7.11. The van der Waals surface area contributed by atoms with E-state index in [1.165, 1.54) is 34.2 Å². The quantitative estimate of drug-likeness (QED) is 0.790. The molecule has 2 N–H and O–H groups in total. The van der Waals surface area contributed by atoms with Gasteiger partial charge < -0.3 is 10.6 Å². The summed E-state index contributed by atoms with van der Waals surface area (Å²) in [4.78, 5) is 11.7. The molecule has 2 aromatic rings. The lowest BCUT2D eigenvalue weighted by Gasteiger charge is -2.07. The summed E-state index contributed by atoms with van der Waals surface area (Å²) in [5.41, 5.74) is 3.48. The molecule has 1 atom stereocenters. The van der Waals surface area contributed by atoms with E-state index in [4.69, 9.17) is 0 Å². The van der Waals surface area contributed by atoms with Crippen molar-refractivity contribution in [3.63, 3.8) is 0 Å². The van der Waals surface area contributed by atoms with E-state index >= 15 is 0 Å². The third-order valence-electron chi connectivity index (χ3n) is 3.16. The zero-order valence-corrected chi connectivity index (χ0v) is 14.8. The number of amides is 1. The average molecular weight is 336 g/mol. The minimum Gasteiger partial charge on any atom is -0.355 e. The fraction of sp³-hybridized carbons (Fsp3) is 0.400. The van der Waals surface area contributed by atoms with E-state index in [0.717, 1.165) is 15.2 Å². The van der Waals surface area contributed by atoms with Crippen LogP contribution in [0.5, 0.6) is 0 Å². The number of carbonyl (C=O) groups excluding carboxylic acids is 1. The van der Waals surface area contributed by atoms with Gasteiger partial charge in [0, 0.05) is 12.2 Å². The number of aryl methyl sites for hydroxylation is 2. The summed E-state index contributed by atoms with van der Waals surface area (Å²) in [6.45, 7) is 8.58. The number of nitrogens with one attached hydrogen (secondary N) is 2. The molecule has 0 aliphatic rings. The van der Waals surface area contributed by atoms with Crippen molar-refractivity contribution in [3.05, 3.63) is 29.3 Å². The molecule has 2 rings (SSSR count). The van der Waals surface area contributed by atoms with Gasteiger partial charge in [-0.1, -0.05) is 29.2 Å².